The standard InChI is InChI=1S/C7H13NO5S/c9-7(10)6-3-5(1-2-8-6)4-14(11,12)13/h5-6,8H,1-4H2,(H,9,10)(H,11,12,13)/t5-,6+/m0/s1. The van der Waals surface area contributed by atoms with Crippen molar-refractivity contribution in [2.75, 3.05) is 12.3 Å². The van der Waals surface area contributed by atoms with E-state index in [0.29, 0.717) is 13.0 Å². The highest BCUT2D eigenvalue weighted by molar-refractivity contribution is 7.85. The van der Waals surface area contributed by atoms with Gasteiger partial charge in [-0.05, 0) is 25.3 Å². The largest absolute Gasteiger partial charge is 0.480 e. The van der Waals surface area contributed by atoms with Crippen molar-refractivity contribution in [3.05, 3.63) is 0 Å². The summed E-state index contributed by atoms with van der Waals surface area (Å²) in [5.41, 5.74) is 0. The van der Waals surface area contributed by atoms with Gasteiger partial charge in [0.15, 0.2) is 0 Å². The summed E-state index contributed by atoms with van der Waals surface area (Å²) in [6, 6.07) is -0.699. The molecule has 0 amide bonds. The zero-order chi connectivity index (χ0) is 10.8. The maximum Gasteiger partial charge on any atom is 0.320 e. The molecule has 7 heteroatoms. The van der Waals surface area contributed by atoms with Crippen molar-refractivity contribution in [2.24, 2.45) is 5.92 Å². The monoisotopic (exact) mass is 223 g/mol. The van der Waals surface area contributed by atoms with E-state index >= 15 is 0 Å². The Labute approximate surface area is 82.1 Å². The molecular formula is C7H13NO5S. The molecule has 1 fully saturated rings. The maximum absolute atomic E-state index is 10.6. The van der Waals surface area contributed by atoms with Crippen LogP contribution in [0.2, 0.25) is 0 Å². The normalized spacial score (nSPS) is 28.6. The van der Waals surface area contributed by atoms with E-state index in [9.17, 15) is 13.2 Å². The Morgan fingerprint density at radius 1 is 1.50 bits per heavy atom. The second-order valence-corrected chi connectivity index (χ2v) is 4.98. The van der Waals surface area contributed by atoms with Crippen molar-refractivity contribution in [3.8, 4) is 0 Å². The summed E-state index contributed by atoms with van der Waals surface area (Å²) in [4.78, 5) is 10.6. The molecule has 0 aliphatic carbocycles. The van der Waals surface area contributed by atoms with E-state index in [1.807, 2.05) is 0 Å². The van der Waals surface area contributed by atoms with Gasteiger partial charge in [0.1, 0.15) is 6.04 Å². The van der Waals surface area contributed by atoms with Gasteiger partial charge in [-0.15, -0.1) is 0 Å². The molecule has 0 saturated carbocycles. The number of carboxylic acids is 1. The number of rotatable bonds is 3. The van der Waals surface area contributed by atoms with Gasteiger partial charge in [0.2, 0.25) is 0 Å². The molecule has 2 atom stereocenters. The average molecular weight is 223 g/mol. The summed E-state index contributed by atoms with van der Waals surface area (Å²) in [6.07, 6.45) is 0.818. The SMILES string of the molecule is O=C(O)[C@H]1C[C@@H](CS(=O)(=O)O)CCN1. The number of nitrogens with one attached hydrogen (secondary N) is 1. The summed E-state index contributed by atoms with van der Waals surface area (Å²) < 4.78 is 29.7. The molecule has 0 unspecified atom stereocenters. The smallest absolute Gasteiger partial charge is 0.320 e. The fourth-order valence-electron chi connectivity index (χ4n) is 1.63. The van der Waals surface area contributed by atoms with Crippen LogP contribution in [0.15, 0.2) is 0 Å². The highest BCUT2D eigenvalue weighted by Gasteiger charge is 2.28. The molecule has 1 saturated heterocycles. The number of piperidine rings is 1. The molecule has 3 N–H and O–H groups in total. The Morgan fingerprint density at radius 2 is 2.14 bits per heavy atom. The number of hydrogen-bond donors (Lipinski definition) is 3. The van der Waals surface area contributed by atoms with Crippen LogP contribution in [0.25, 0.3) is 0 Å². The van der Waals surface area contributed by atoms with Crippen molar-refractivity contribution < 1.29 is 22.9 Å². The van der Waals surface area contributed by atoms with Gasteiger partial charge >= 0.3 is 5.97 Å². The number of aliphatic carboxylic acids is 1. The zero-order valence-corrected chi connectivity index (χ0v) is 8.33. The van der Waals surface area contributed by atoms with E-state index in [1.165, 1.54) is 0 Å². The van der Waals surface area contributed by atoms with Crippen LogP contribution in [-0.2, 0) is 14.9 Å². The third kappa shape index (κ3) is 3.60. The average Bonchev–Trinajstić information content (AvgIpc) is 2.01. The second kappa shape index (κ2) is 4.24. The third-order valence-corrected chi connectivity index (χ3v) is 3.15. The molecule has 0 bridgehead atoms. The van der Waals surface area contributed by atoms with E-state index in [-0.39, 0.29) is 18.1 Å². The fraction of sp³-hybridized carbons (Fsp3) is 0.857. The van der Waals surface area contributed by atoms with Crippen molar-refractivity contribution in [1.29, 1.82) is 0 Å². The molecule has 1 heterocycles. The first kappa shape index (κ1) is 11.4. The van der Waals surface area contributed by atoms with Crippen LogP contribution in [-0.4, -0.2) is 42.4 Å². The van der Waals surface area contributed by atoms with Crippen LogP contribution in [0.4, 0.5) is 0 Å². The highest BCUT2D eigenvalue weighted by Crippen LogP contribution is 2.17. The molecule has 1 aliphatic heterocycles. The molecule has 0 aromatic carbocycles. The summed E-state index contributed by atoms with van der Waals surface area (Å²) in [5.74, 6) is -1.60. The Hall–Kier alpha value is -0.660. The minimum Gasteiger partial charge on any atom is -0.480 e. The van der Waals surface area contributed by atoms with Gasteiger partial charge in [-0.2, -0.15) is 8.42 Å². The molecule has 0 spiro atoms. The Morgan fingerprint density at radius 3 is 2.64 bits per heavy atom. The lowest BCUT2D eigenvalue weighted by Crippen LogP contribution is -2.44. The Bertz CT molecular complexity index is 312. The molecule has 14 heavy (non-hydrogen) atoms. The number of hydrogen-bond acceptors (Lipinski definition) is 4. The maximum atomic E-state index is 10.6. The van der Waals surface area contributed by atoms with Gasteiger partial charge in [-0.25, -0.2) is 0 Å². The second-order valence-electron chi connectivity index (χ2n) is 3.48. The highest BCUT2D eigenvalue weighted by atomic mass is 32.2. The van der Waals surface area contributed by atoms with Crippen LogP contribution in [0.5, 0.6) is 0 Å². The molecule has 82 valence electrons. The lowest BCUT2D eigenvalue weighted by Gasteiger charge is -2.26. The van der Waals surface area contributed by atoms with Crippen LogP contribution >= 0.6 is 0 Å². The minimum absolute atomic E-state index is 0.245. The zero-order valence-electron chi connectivity index (χ0n) is 7.51. The lowest BCUT2D eigenvalue weighted by atomic mass is 9.94. The van der Waals surface area contributed by atoms with E-state index in [0.717, 1.165) is 0 Å². The first-order valence-corrected chi connectivity index (χ1v) is 5.91. The van der Waals surface area contributed by atoms with Crippen molar-refractivity contribution >= 4 is 16.1 Å². The van der Waals surface area contributed by atoms with Gasteiger partial charge in [0, 0.05) is 0 Å². The molecule has 1 aliphatic rings. The van der Waals surface area contributed by atoms with Gasteiger partial charge in [0.25, 0.3) is 10.1 Å². The summed E-state index contributed by atoms with van der Waals surface area (Å²) in [6.45, 7) is 0.469. The minimum atomic E-state index is -3.99. The summed E-state index contributed by atoms with van der Waals surface area (Å²) >= 11 is 0. The van der Waals surface area contributed by atoms with Crippen molar-refractivity contribution in [3.63, 3.8) is 0 Å². The topological polar surface area (TPSA) is 104 Å². The third-order valence-electron chi connectivity index (χ3n) is 2.26. The van der Waals surface area contributed by atoms with Crippen LogP contribution < -0.4 is 5.32 Å². The molecular weight excluding hydrogens is 210 g/mol. The van der Waals surface area contributed by atoms with Crippen LogP contribution in [0, 0.1) is 5.92 Å². The Balaban J connectivity index is 2.52. The molecule has 0 radical (unpaired) electrons. The number of carboxylic acid groups (broad SMARTS) is 1. The van der Waals surface area contributed by atoms with E-state index < -0.39 is 22.1 Å². The quantitative estimate of drug-likeness (QED) is 0.548. The van der Waals surface area contributed by atoms with E-state index in [4.69, 9.17) is 9.66 Å². The van der Waals surface area contributed by atoms with E-state index in [2.05, 4.69) is 5.32 Å². The fourth-order valence-corrected chi connectivity index (χ4v) is 2.53. The first-order valence-electron chi connectivity index (χ1n) is 4.30. The predicted octanol–water partition coefficient (Wildman–Crippen LogP) is -0.673. The van der Waals surface area contributed by atoms with E-state index in [1.54, 1.807) is 0 Å². The van der Waals surface area contributed by atoms with Crippen LogP contribution in [0.3, 0.4) is 0 Å². The van der Waals surface area contributed by atoms with Gasteiger partial charge in [0.05, 0.1) is 5.75 Å². The van der Waals surface area contributed by atoms with Crippen molar-refractivity contribution in [2.45, 2.75) is 18.9 Å². The molecule has 0 aromatic heterocycles. The molecule has 6 nitrogen and oxygen atoms in total. The van der Waals surface area contributed by atoms with Gasteiger partial charge in [-0.3, -0.25) is 9.35 Å². The van der Waals surface area contributed by atoms with Crippen LogP contribution in [0.1, 0.15) is 12.8 Å². The first-order chi connectivity index (χ1) is 6.38. The summed E-state index contributed by atoms with van der Waals surface area (Å²) in [5, 5.41) is 11.4. The van der Waals surface area contributed by atoms with Gasteiger partial charge in [-0.1, -0.05) is 0 Å². The molecule has 1 rings (SSSR count). The van der Waals surface area contributed by atoms with Gasteiger partial charge < -0.3 is 10.4 Å². The van der Waals surface area contributed by atoms with Crippen molar-refractivity contribution in [1.82, 2.24) is 5.32 Å². The predicted molar refractivity (Wildman–Crippen MR) is 48.6 cm³/mol. The summed E-state index contributed by atoms with van der Waals surface area (Å²) in [7, 11) is -3.99. The molecule has 0 aromatic rings. The number of carbonyl (C=O) groups is 1. The lowest BCUT2D eigenvalue weighted by molar-refractivity contribution is -0.140. The Kier molecular flexibility index (Phi) is 3.46.